The molecule has 0 bridgehead atoms. The van der Waals surface area contributed by atoms with Gasteiger partial charge in [-0.25, -0.2) is 0 Å². The number of nitrogens with one attached hydrogen (secondary N) is 3. The fourth-order valence-corrected chi connectivity index (χ4v) is 2.80. The van der Waals surface area contributed by atoms with Crippen LogP contribution in [0.15, 0.2) is 30.3 Å². The van der Waals surface area contributed by atoms with Crippen molar-refractivity contribution in [2.24, 2.45) is 5.92 Å². The molecule has 1 saturated carbocycles. The van der Waals surface area contributed by atoms with E-state index in [0.717, 1.165) is 12.1 Å². The number of amides is 2. The molecule has 2 rings (SSSR count). The maximum Gasteiger partial charge on any atom is 0.257 e. The highest BCUT2D eigenvalue weighted by Gasteiger charge is 2.14. The zero-order valence-corrected chi connectivity index (χ0v) is 12.9. The maximum absolute atomic E-state index is 11.7. The van der Waals surface area contributed by atoms with Crippen molar-refractivity contribution in [3.63, 3.8) is 0 Å². The van der Waals surface area contributed by atoms with Crippen molar-refractivity contribution in [1.82, 2.24) is 10.9 Å². The first-order chi connectivity index (χ1) is 10.7. The van der Waals surface area contributed by atoms with Crippen LogP contribution in [-0.4, -0.2) is 18.4 Å². The molecule has 0 saturated heterocycles. The Morgan fingerprint density at radius 3 is 2.36 bits per heavy atom. The Morgan fingerprint density at radius 2 is 1.64 bits per heavy atom. The van der Waals surface area contributed by atoms with E-state index in [1.807, 2.05) is 30.3 Å². The zero-order chi connectivity index (χ0) is 15.6. The molecule has 0 aromatic heterocycles. The number of hydrazine groups is 1. The molecule has 1 aliphatic carbocycles. The van der Waals surface area contributed by atoms with Gasteiger partial charge >= 0.3 is 0 Å². The van der Waals surface area contributed by atoms with Crippen LogP contribution >= 0.6 is 0 Å². The SMILES string of the molecule is O=C(CCC1CCCCC1)NNC(=O)CNc1ccccc1. The smallest absolute Gasteiger partial charge is 0.257 e. The Bertz CT molecular complexity index is 470. The van der Waals surface area contributed by atoms with E-state index in [-0.39, 0.29) is 18.4 Å². The monoisotopic (exact) mass is 303 g/mol. The first-order valence-corrected chi connectivity index (χ1v) is 8.10. The second kappa shape index (κ2) is 9.07. The van der Waals surface area contributed by atoms with Gasteiger partial charge < -0.3 is 5.32 Å². The summed E-state index contributed by atoms with van der Waals surface area (Å²) in [6.07, 6.45) is 7.78. The predicted octanol–water partition coefficient (Wildman–Crippen LogP) is 2.61. The summed E-state index contributed by atoms with van der Waals surface area (Å²) >= 11 is 0. The summed E-state index contributed by atoms with van der Waals surface area (Å²) < 4.78 is 0. The normalized spacial score (nSPS) is 15.1. The number of anilines is 1. The molecule has 0 spiro atoms. The van der Waals surface area contributed by atoms with E-state index < -0.39 is 0 Å². The number of carbonyl (C=O) groups is 2. The van der Waals surface area contributed by atoms with Crippen LogP contribution < -0.4 is 16.2 Å². The quantitative estimate of drug-likeness (QED) is 0.708. The Hall–Kier alpha value is -2.04. The molecule has 1 aromatic rings. The van der Waals surface area contributed by atoms with Crippen LogP contribution in [0, 0.1) is 5.92 Å². The van der Waals surface area contributed by atoms with Gasteiger partial charge in [-0.15, -0.1) is 0 Å². The molecule has 5 nitrogen and oxygen atoms in total. The van der Waals surface area contributed by atoms with Gasteiger partial charge in [0.2, 0.25) is 5.91 Å². The fourth-order valence-electron chi connectivity index (χ4n) is 2.80. The van der Waals surface area contributed by atoms with Gasteiger partial charge in [-0.3, -0.25) is 20.4 Å². The fraction of sp³-hybridized carbons (Fsp3) is 0.529. The molecule has 5 heteroatoms. The summed E-state index contributed by atoms with van der Waals surface area (Å²) in [7, 11) is 0. The molecule has 22 heavy (non-hydrogen) atoms. The van der Waals surface area contributed by atoms with Crippen LogP contribution in [0.25, 0.3) is 0 Å². The lowest BCUT2D eigenvalue weighted by Crippen LogP contribution is -2.44. The number of hydrogen-bond acceptors (Lipinski definition) is 3. The van der Waals surface area contributed by atoms with Gasteiger partial charge in [0.1, 0.15) is 0 Å². The van der Waals surface area contributed by atoms with Crippen LogP contribution in [0.5, 0.6) is 0 Å². The van der Waals surface area contributed by atoms with Crippen LogP contribution in [-0.2, 0) is 9.59 Å². The minimum atomic E-state index is -0.255. The summed E-state index contributed by atoms with van der Waals surface area (Å²) in [5.41, 5.74) is 5.80. The van der Waals surface area contributed by atoms with Crippen molar-refractivity contribution in [2.45, 2.75) is 44.9 Å². The van der Waals surface area contributed by atoms with Crippen LogP contribution in [0.2, 0.25) is 0 Å². The summed E-state index contributed by atoms with van der Waals surface area (Å²) in [6, 6.07) is 9.48. The standard InChI is InChI=1S/C17H25N3O2/c21-16(12-11-14-7-3-1-4-8-14)19-20-17(22)13-18-15-9-5-2-6-10-15/h2,5-6,9-10,14,18H,1,3-4,7-8,11-13H2,(H,19,21)(H,20,22). The average molecular weight is 303 g/mol. The highest BCUT2D eigenvalue weighted by molar-refractivity contribution is 5.84. The summed E-state index contributed by atoms with van der Waals surface area (Å²) in [5.74, 6) is 0.309. The molecule has 0 radical (unpaired) electrons. The van der Waals surface area contributed by atoms with Crippen LogP contribution in [0.3, 0.4) is 0 Å². The average Bonchev–Trinajstić information content (AvgIpc) is 2.58. The topological polar surface area (TPSA) is 70.2 Å². The first-order valence-electron chi connectivity index (χ1n) is 8.10. The van der Waals surface area contributed by atoms with Gasteiger partial charge in [0.25, 0.3) is 5.91 Å². The number of para-hydroxylation sites is 1. The number of hydrogen-bond donors (Lipinski definition) is 3. The van der Waals surface area contributed by atoms with Crippen molar-refractivity contribution in [3.8, 4) is 0 Å². The van der Waals surface area contributed by atoms with E-state index in [1.165, 1.54) is 32.1 Å². The van der Waals surface area contributed by atoms with Crippen molar-refractivity contribution in [1.29, 1.82) is 0 Å². The zero-order valence-electron chi connectivity index (χ0n) is 12.9. The van der Waals surface area contributed by atoms with Gasteiger partial charge in [0.05, 0.1) is 6.54 Å². The lowest BCUT2D eigenvalue weighted by Gasteiger charge is -2.21. The molecule has 1 aromatic carbocycles. The van der Waals surface area contributed by atoms with Crippen molar-refractivity contribution in [3.05, 3.63) is 30.3 Å². The lowest BCUT2D eigenvalue weighted by molar-refractivity contribution is -0.128. The molecule has 120 valence electrons. The molecule has 1 fully saturated rings. The molecule has 0 heterocycles. The summed E-state index contributed by atoms with van der Waals surface area (Å²) in [4.78, 5) is 23.4. The molecule has 0 atom stereocenters. The largest absolute Gasteiger partial charge is 0.376 e. The minimum absolute atomic E-state index is 0.112. The summed E-state index contributed by atoms with van der Waals surface area (Å²) in [5, 5.41) is 2.99. The third-order valence-corrected chi connectivity index (χ3v) is 4.07. The van der Waals surface area contributed by atoms with Crippen LogP contribution in [0.1, 0.15) is 44.9 Å². The maximum atomic E-state index is 11.7. The van der Waals surface area contributed by atoms with Crippen molar-refractivity contribution < 1.29 is 9.59 Å². The molecule has 2 amide bonds. The molecular weight excluding hydrogens is 278 g/mol. The number of rotatable bonds is 6. The second-order valence-electron chi connectivity index (χ2n) is 5.86. The van der Waals surface area contributed by atoms with E-state index in [1.54, 1.807) is 0 Å². The first kappa shape index (κ1) is 16.3. The Labute approximate surface area is 131 Å². The highest BCUT2D eigenvalue weighted by atomic mass is 16.2. The second-order valence-corrected chi connectivity index (χ2v) is 5.86. The third-order valence-electron chi connectivity index (χ3n) is 4.07. The van der Waals surface area contributed by atoms with Crippen molar-refractivity contribution in [2.75, 3.05) is 11.9 Å². The van der Waals surface area contributed by atoms with E-state index in [0.29, 0.717) is 12.3 Å². The molecular formula is C17H25N3O2. The summed E-state index contributed by atoms with van der Waals surface area (Å²) in [6.45, 7) is 0.132. The Kier molecular flexibility index (Phi) is 6.74. The number of benzene rings is 1. The molecule has 0 unspecified atom stereocenters. The van der Waals surface area contributed by atoms with Gasteiger partial charge in [-0.2, -0.15) is 0 Å². The highest BCUT2D eigenvalue weighted by Crippen LogP contribution is 2.27. The minimum Gasteiger partial charge on any atom is -0.376 e. The predicted molar refractivity (Wildman–Crippen MR) is 87.0 cm³/mol. The van der Waals surface area contributed by atoms with Crippen molar-refractivity contribution >= 4 is 17.5 Å². The molecule has 1 aliphatic rings. The van der Waals surface area contributed by atoms with Gasteiger partial charge in [0, 0.05) is 12.1 Å². The Balaban J connectivity index is 1.56. The molecule has 3 N–H and O–H groups in total. The third kappa shape index (κ3) is 6.16. The lowest BCUT2D eigenvalue weighted by atomic mass is 9.86. The Morgan fingerprint density at radius 1 is 0.955 bits per heavy atom. The number of carbonyl (C=O) groups excluding carboxylic acids is 2. The van der Waals surface area contributed by atoms with Crippen LogP contribution in [0.4, 0.5) is 5.69 Å². The van der Waals surface area contributed by atoms with Gasteiger partial charge in [-0.05, 0) is 24.5 Å². The van der Waals surface area contributed by atoms with Gasteiger partial charge in [0.15, 0.2) is 0 Å². The van der Waals surface area contributed by atoms with Gasteiger partial charge in [-0.1, -0.05) is 50.3 Å². The van der Waals surface area contributed by atoms with E-state index >= 15 is 0 Å². The van der Waals surface area contributed by atoms with E-state index in [4.69, 9.17) is 0 Å². The van der Waals surface area contributed by atoms with E-state index in [9.17, 15) is 9.59 Å². The van der Waals surface area contributed by atoms with E-state index in [2.05, 4.69) is 16.2 Å². The molecule has 0 aliphatic heterocycles.